The highest BCUT2D eigenvalue weighted by Gasteiger charge is 2.26. The lowest BCUT2D eigenvalue weighted by atomic mass is 10.1. The third kappa shape index (κ3) is 3.73. The van der Waals surface area contributed by atoms with Gasteiger partial charge in [-0.05, 0) is 12.5 Å². The summed E-state index contributed by atoms with van der Waals surface area (Å²) in [6.07, 6.45) is 4.23. The first kappa shape index (κ1) is 17.4. The van der Waals surface area contributed by atoms with Crippen LogP contribution in [0.4, 0.5) is 0 Å². The van der Waals surface area contributed by atoms with Crippen LogP contribution < -0.4 is 5.32 Å². The highest BCUT2D eigenvalue weighted by Crippen LogP contribution is 2.36. The monoisotopic (exact) mass is 378 g/mol. The molecule has 6 nitrogen and oxygen atoms in total. The Morgan fingerprint density at radius 1 is 1.11 bits per heavy atom. The molecule has 0 spiro atoms. The standard InChI is InChI=1S/C20H18N4O2S/c25-16-13-24(11-5-10-22-16)20(26)19-23-17(14-6-2-1-3-7-14)18(27-19)15-8-4-9-21-12-15/h1-4,6-9,12H,5,10-11,13H2,(H,22,25). The Hall–Kier alpha value is -3.06. The van der Waals surface area contributed by atoms with E-state index in [0.29, 0.717) is 18.1 Å². The number of nitrogens with zero attached hydrogens (tertiary/aromatic N) is 3. The zero-order valence-electron chi connectivity index (χ0n) is 14.6. The number of hydrogen-bond donors (Lipinski definition) is 1. The van der Waals surface area contributed by atoms with E-state index in [4.69, 9.17) is 0 Å². The predicted octanol–water partition coefficient (Wildman–Crippen LogP) is 2.83. The zero-order valence-corrected chi connectivity index (χ0v) is 15.4. The van der Waals surface area contributed by atoms with Gasteiger partial charge in [-0.1, -0.05) is 36.4 Å². The smallest absolute Gasteiger partial charge is 0.283 e. The topological polar surface area (TPSA) is 75.2 Å². The van der Waals surface area contributed by atoms with Gasteiger partial charge in [0.2, 0.25) is 5.91 Å². The Kier molecular flexibility index (Phi) is 4.93. The van der Waals surface area contributed by atoms with E-state index in [1.54, 1.807) is 17.3 Å². The minimum Gasteiger partial charge on any atom is -0.354 e. The van der Waals surface area contributed by atoms with E-state index in [9.17, 15) is 9.59 Å². The van der Waals surface area contributed by atoms with Gasteiger partial charge in [-0.15, -0.1) is 11.3 Å². The Bertz CT molecular complexity index is 900. The molecule has 136 valence electrons. The third-order valence-electron chi connectivity index (χ3n) is 4.33. The second-order valence-corrected chi connectivity index (χ2v) is 7.23. The highest BCUT2D eigenvalue weighted by atomic mass is 32.1. The van der Waals surface area contributed by atoms with Crippen LogP contribution in [-0.2, 0) is 4.79 Å². The highest BCUT2D eigenvalue weighted by molar-refractivity contribution is 7.17. The van der Waals surface area contributed by atoms with Crippen LogP contribution in [0.5, 0.6) is 0 Å². The number of aromatic nitrogens is 2. The van der Waals surface area contributed by atoms with Gasteiger partial charge >= 0.3 is 0 Å². The molecule has 1 N–H and O–H groups in total. The molecule has 0 radical (unpaired) electrons. The molecule has 0 atom stereocenters. The largest absolute Gasteiger partial charge is 0.354 e. The van der Waals surface area contributed by atoms with Crippen LogP contribution >= 0.6 is 11.3 Å². The normalized spacial score (nSPS) is 14.5. The molecule has 1 fully saturated rings. The van der Waals surface area contributed by atoms with E-state index in [0.717, 1.165) is 28.1 Å². The molecule has 0 bridgehead atoms. The summed E-state index contributed by atoms with van der Waals surface area (Å²) in [5.74, 6) is -0.336. The molecule has 1 aromatic carbocycles. The maximum atomic E-state index is 13.0. The van der Waals surface area contributed by atoms with E-state index in [2.05, 4.69) is 15.3 Å². The summed E-state index contributed by atoms with van der Waals surface area (Å²) in [6.45, 7) is 1.21. The molecule has 2 aromatic heterocycles. The molecule has 27 heavy (non-hydrogen) atoms. The molecule has 3 aromatic rings. The average Bonchev–Trinajstić information content (AvgIpc) is 3.05. The van der Waals surface area contributed by atoms with E-state index in [1.807, 2.05) is 42.5 Å². The maximum Gasteiger partial charge on any atom is 0.283 e. The average molecular weight is 378 g/mol. The number of hydrogen-bond acceptors (Lipinski definition) is 5. The van der Waals surface area contributed by atoms with Gasteiger partial charge in [0, 0.05) is 36.6 Å². The lowest BCUT2D eigenvalue weighted by Gasteiger charge is -2.17. The van der Waals surface area contributed by atoms with Crippen LogP contribution in [0.3, 0.4) is 0 Å². The van der Waals surface area contributed by atoms with Crippen molar-refractivity contribution in [2.75, 3.05) is 19.6 Å². The van der Waals surface area contributed by atoms with Gasteiger partial charge < -0.3 is 10.2 Å². The second-order valence-electron chi connectivity index (χ2n) is 6.23. The minimum atomic E-state index is -0.204. The Morgan fingerprint density at radius 2 is 1.93 bits per heavy atom. The Balaban J connectivity index is 1.75. The molecule has 0 unspecified atom stereocenters. The van der Waals surface area contributed by atoms with Crippen LogP contribution in [-0.4, -0.2) is 46.3 Å². The van der Waals surface area contributed by atoms with E-state index in [1.165, 1.54) is 11.3 Å². The molecule has 4 rings (SSSR count). The van der Waals surface area contributed by atoms with Crippen LogP contribution in [0, 0.1) is 0 Å². The summed E-state index contributed by atoms with van der Waals surface area (Å²) < 4.78 is 0. The van der Waals surface area contributed by atoms with Crippen molar-refractivity contribution in [2.45, 2.75) is 6.42 Å². The van der Waals surface area contributed by atoms with Gasteiger partial charge in [0.15, 0.2) is 5.01 Å². The van der Waals surface area contributed by atoms with Gasteiger partial charge in [0.25, 0.3) is 5.91 Å². The van der Waals surface area contributed by atoms with Crippen LogP contribution in [0.2, 0.25) is 0 Å². The maximum absolute atomic E-state index is 13.0. The van der Waals surface area contributed by atoms with Crippen LogP contribution in [0.15, 0.2) is 54.9 Å². The fraction of sp³-hybridized carbons (Fsp3) is 0.200. The summed E-state index contributed by atoms with van der Waals surface area (Å²) in [7, 11) is 0. The fourth-order valence-corrected chi connectivity index (χ4v) is 4.06. The number of pyridine rings is 1. The summed E-state index contributed by atoms with van der Waals surface area (Å²) in [5, 5.41) is 3.18. The predicted molar refractivity (Wildman–Crippen MR) is 104 cm³/mol. The number of thiazole rings is 1. The Morgan fingerprint density at radius 3 is 2.70 bits per heavy atom. The molecule has 1 saturated heterocycles. The zero-order chi connectivity index (χ0) is 18.6. The first-order valence-corrected chi connectivity index (χ1v) is 9.56. The van der Waals surface area contributed by atoms with Crippen molar-refractivity contribution in [1.82, 2.24) is 20.2 Å². The number of amides is 2. The number of carbonyl (C=O) groups is 2. The third-order valence-corrected chi connectivity index (χ3v) is 5.42. The molecule has 1 aliphatic rings. The first-order valence-electron chi connectivity index (χ1n) is 8.75. The number of rotatable bonds is 3. The van der Waals surface area contributed by atoms with Crippen LogP contribution in [0.25, 0.3) is 21.7 Å². The Labute approximate surface area is 160 Å². The molecule has 3 heterocycles. The lowest BCUT2D eigenvalue weighted by Crippen LogP contribution is -2.37. The molecule has 0 saturated carbocycles. The molecule has 0 aliphatic carbocycles. The van der Waals surface area contributed by atoms with Crippen molar-refractivity contribution in [2.24, 2.45) is 0 Å². The summed E-state index contributed by atoms with van der Waals surface area (Å²) in [6, 6.07) is 13.6. The summed E-state index contributed by atoms with van der Waals surface area (Å²) >= 11 is 1.34. The molecule has 1 aliphatic heterocycles. The van der Waals surface area contributed by atoms with Crippen molar-refractivity contribution in [1.29, 1.82) is 0 Å². The molecular formula is C20H18N4O2S. The van der Waals surface area contributed by atoms with E-state index >= 15 is 0 Å². The number of nitrogens with one attached hydrogen (secondary N) is 1. The first-order chi connectivity index (χ1) is 13.2. The quantitative estimate of drug-likeness (QED) is 0.760. The second kappa shape index (κ2) is 7.67. The number of benzene rings is 1. The van der Waals surface area contributed by atoms with Crippen molar-refractivity contribution in [3.8, 4) is 21.7 Å². The van der Waals surface area contributed by atoms with Gasteiger partial charge in [0.05, 0.1) is 17.1 Å². The molecular weight excluding hydrogens is 360 g/mol. The van der Waals surface area contributed by atoms with E-state index in [-0.39, 0.29) is 18.4 Å². The summed E-state index contributed by atoms with van der Waals surface area (Å²) in [4.78, 5) is 36.1. The van der Waals surface area contributed by atoms with Crippen molar-refractivity contribution in [3.05, 3.63) is 59.9 Å². The molecule has 2 amide bonds. The van der Waals surface area contributed by atoms with Gasteiger partial charge in [-0.25, -0.2) is 4.98 Å². The van der Waals surface area contributed by atoms with Crippen molar-refractivity contribution >= 4 is 23.2 Å². The number of carbonyl (C=O) groups excluding carboxylic acids is 2. The fourth-order valence-electron chi connectivity index (χ4n) is 3.01. The lowest BCUT2D eigenvalue weighted by molar-refractivity contribution is -0.121. The van der Waals surface area contributed by atoms with Gasteiger partial charge in [-0.2, -0.15) is 0 Å². The van der Waals surface area contributed by atoms with Crippen molar-refractivity contribution in [3.63, 3.8) is 0 Å². The van der Waals surface area contributed by atoms with E-state index < -0.39 is 0 Å². The van der Waals surface area contributed by atoms with Crippen LogP contribution in [0.1, 0.15) is 16.2 Å². The summed E-state index contributed by atoms with van der Waals surface area (Å²) in [5.41, 5.74) is 2.62. The van der Waals surface area contributed by atoms with Crippen molar-refractivity contribution < 1.29 is 9.59 Å². The minimum absolute atomic E-state index is 0.0707. The molecule has 7 heteroatoms. The van der Waals surface area contributed by atoms with Gasteiger partial charge in [-0.3, -0.25) is 14.6 Å². The SMILES string of the molecule is O=C1CN(C(=O)c2nc(-c3ccccc3)c(-c3cccnc3)s2)CCCN1. The van der Waals surface area contributed by atoms with Gasteiger partial charge in [0.1, 0.15) is 0 Å².